The molecule has 1 aliphatic carbocycles. The van der Waals surface area contributed by atoms with Crippen molar-refractivity contribution in [2.24, 2.45) is 11.7 Å². The highest BCUT2D eigenvalue weighted by Crippen LogP contribution is 2.32. The normalized spacial score (nSPS) is 23.8. The maximum atomic E-state index is 12.3. The van der Waals surface area contributed by atoms with Crippen molar-refractivity contribution in [3.05, 3.63) is 35.4 Å². The van der Waals surface area contributed by atoms with Crippen LogP contribution in [-0.4, -0.2) is 30.4 Å². The molecule has 1 heterocycles. The predicted octanol–water partition coefficient (Wildman–Crippen LogP) is 0.630. The SMILES string of the molecule is CC1(c2ccc(C(=O)NC(CN)C3CC3)cc2)NC(=O)NC1=O.Cl. The highest BCUT2D eigenvalue weighted by molar-refractivity contribution is 6.07. The van der Waals surface area contributed by atoms with Crippen molar-refractivity contribution in [2.75, 3.05) is 6.54 Å². The Bertz CT molecular complexity index is 660. The van der Waals surface area contributed by atoms with E-state index in [2.05, 4.69) is 16.0 Å². The minimum absolute atomic E-state index is 0. The van der Waals surface area contributed by atoms with E-state index in [1.54, 1.807) is 31.2 Å². The summed E-state index contributed by atoms with van der Waals surface area (Å²) in [4.78, 5) is 35.5. The van der Waals surface area contributed by atoms with Gasteiger partial charge in [-0.2, -0.15) is 0 Å². The Morgan fingerprint density at radius 1 is 1.33 bits per heavy atom. The van der Waals surface area contributed by atoms with Gasteiger partial charge in [0.25, 0.3) is 11.8 Å². The summed E-state index contributed by atoms with van der Waals surface area (Å²) >= 11 is 0. The highest BCUT2D eigenvalue weighted by atomic mass is 35.5. The first-order valence-electron chi connectivity index (χ1n) is 7.69. The van der Waals surface area contributed by atoms with E-state index in [0.29, 0.717) is 23.6 Å². The Morgan fingerprint density at radius 2 is 1.96 bits per heavy atom. The molecule has 1 saturated carbocycles. The average molecular weight is 353 g/mol. The molecule has 2 fully saturated rings. The zero-order valence-corrected chi connectivity index (χ0v) is 14.1. The first-order valence-corrected chi connectivity index (χ1v) is 7.69. The fraction of sp³-hybridized carbons (Fsp3) is 0.438. The van der Waals surface area contributed by atoms with Gasteiger partial charge in [-0.05, 0) is 43.4 Å². The summed E-state index contributed by atoms with van der Waals surface area (Å²) in [5.41, 5.74) is 5.70. The summed E-state index contributed by atoms with van der Waals surface area (Å²) in [7, 11) is 0. The molecule has 1 aromatic carbocycles. The van der Waals surface area contributed by atoms with Gasteiger partial charge < -0.3 is 16.4 Å². The van der Waals surface area contributed by atoms with Crippen LogP contribution in [0.3, 0.4) is 0 Å². The van der Waals surface area contributed by atoms with Crippen molar-refractivity contribution < 1.29 is 14.4 Å². The van der Waals surface area contributed by atoms with Gasteiger partial charge in [0.2, 0.25) is 0 Å². The molecule has 0 bridgehead atoms. The number of rotatable bonds is 5. The van der Waals surface area contributed by atoms with Crippen LogP contribution in [0.5, 0.6) is 0 Å². The van der Waals surface area contributed by atoms with Gasteiger partial charge in [0, 0.05) is 18.2 Å². The molecule has 2 aliphatic rings. The molecular formula is C16H21ClN4O3. The fourth-order valence-electron chi connectivity index (χ4n) is 2.82. The van der Waals surface area contributed by atoms with Crippen molar-refractivity contribution in [1.82, 2.24) is 16.0 Å². The molecule has 0 spiro atoms. The summed E-state index contributed by atoms with van der Waals surface area (Å²) in [5.74, 6) is -0.0971. The molecule has 1 aliphatic heterocycles. The van der Waals surface area contributed by atoms with Crippen LogP contribution in [0.4, 0.5) is 4.79 Å². The Hall–Kier alpha value is -2.12. The number of urea groups is 1. The molecule has 5 N–H and O–H groups in total. The molecule has 0 aromatic heterocycles. The summed E-state index contributed by atoms with van der Waals surface area (Å²) in [5, 5.41) is 7.75. The molecule has 8 heteroatoms. The summed E-state index contributed by atoms with van der Waals surface area (Å²) < 4.78 is 0. The van der Waals surface area contributed by atoms with Gasteiger partial charge >= 0.3 is 6.03 Å². The largest absolute Gasteiger partial charge is 0.348 e. The summed E-state index contributed by atoms with van der Waals surface area (Å²) in [6, 6.07) is 6.14. The minimum Gasteiger partial charge on any atom is -0.348 e. The minimum atomic E-state index is -1.11. The molecular weight excluding hydrogens is 332 g/mol. The fourth-order valence-corrected chi connectivity index (χ4v) is 2.82. The molecule has 1 aromatic rings. The maximum Gasteiger partial charge on any atom is 0.322 e. The van der Waals surface area contributed by atoms with Crippen molar-refractivity contribution in [3.8, 4) is 0 Å². The third-order valence-electron chi connectivity index (χ3n) is 4.53. The van der Waals surface area contributed by atoms with Crippen LogP contribution in [-0.2, 0) is 10.3 Å². The first kappa shape index (κ1) is 18.2. The van der Waals surface area contributed by atoms with Gasteiger partial charge in [-0.3, -0.25) is 14.9 Å². The molecule has 2 unspecified atom stereocenters. The monoisotopic (exact) mass is 352 g/mol. The second-order valence-corrected chi connectivity index (χ2v) is 6.26. The molecule has 0 radical (unpaired) electrons. The maximum absolute atomic E-state index is 12.3. The zero-order valence-electron chi connectivity index (χ0n) is 13.3. The van der Waals surface area contributed by atoms with Crippen LogP contribution in [0, 0.1) is 5.92 Å². The van der Waals surface area contributed by atoms with E-state index < -0.39 is 17.5 Å². The zero-order chi connectivity index (χ0) is 16.6. The third-order valence-corrected chi connectivity index (χ3v) is 4.53. The number of nitrogens with one attached hydrogen (secondary N) is 3. The molecule has 7 nitrogen and oxygen atoms in total. The number of halogens is 1. The Balaban J connectivity index is 0.00000208. The van der Waals surface area contributed by atoms with Gasteiger partial charge in [0.05, 0.1) is 0 Å². The van der Waals surface area contributed by atoms with Crippen molar-refractivity contribution in [1.29, 1.82) is 0 Å². The molecule has 2 atom stereocenters. The number of amides is 4. The molecule has 24 heavy (non-hydrogen) atoms. The summed E-state index contributed by atoms with van der Waals surface area (Å²) in [6.45, 7) is 2.05. The van der Waals surface area contributed by atoms with Gasteiger partial charge in [0.15, 0.2) is 0 Å². The van der Waals surface area contributed by atoms with E-state index in [0.717, 1.165) is 12.8 Å². The van der Waals surface area contributed by atoms with E-state index in [1.807, 2.05) is 0 Å². The van der Waals surface area contributed by atoms with Gasteiger partial charge in [0.1, 0.15) is 5.54 Å². The molecule has 130 valence electrons. The van der Waals surface area contributed by atoms with Crippen LogP contribution >= 0.6 is 12.4 Å². The Kier molecular flexibility index (Phi) is 5.15. The van der Waals surface area contributed by atoms with E-state index in [-0.39, 0.29) is 24.4 Å². The summed E-state index contributed by atoms with van der Waals surface area (Å²) in [6.07, 6.45) is 2.21. The number of hydrogen-bond acceptors (Lipinski definition) is 4. The lowest BCUT2D eigenvalue weighted by Gasteiger charge is -2.21. The lowest BCUT2D eigenvalue weighted by atomic mass is 9.91. The standard InChI is InChI=1S/C16H20N4O3.ClH/c1-16(14(22)19-15(23)20-16)11-6-4-10(5-7-11)13(21)18-12(8-17)9-2-3-9;/h4-7,9,12H,2-3,8,17H2,1H3,(H,18,21)(H2,19,20,22,23);1H. The van der Waals surface area contributed by atoms with E-state index in [4.69, 9.17) is 5.73 Å². The van der Waals surface area contributed by atoms with Crippen molar-refractivity contribution >= 4 is 30.3 Å². The lowest BCUT2D eigenvalue weighted by molar-refractivity contribution is -0.123. The van der Waals surface area contributed by atoms with Crippen LogP contribution < -0.4 is 21.7 Å². The smallest absolute Gasteiger partial charge is 0.322 e. The number of carbonyl (C=O) groups excluding carboxylic acids is 3. The average Bonchev–Trinajstić information content (AvgIpc) is 3.33. The third kappa shape index (κ3) is 3.37. The topological polar surface area (TPSA) is 113 Å². The van der Waals surface area contributed by atoms with Crippen LogP contribution in [0.15, 0.2) is 24.3 Å². The van der Waals surface area contributed by atoms with Crippen molar-refractivity contribution in [3.63, 3.8) is 0 Å². The first-order chi connectivity index (χ1) is 10.9. The quantitative estimate of drug-likeness (QED) is 0.582. The number of imide groups is 1. The van der Waals surface area contributed by atoms with Gasteiger partial charge in [-0.1, -0.05) is 12.1 Å². The van der Waals surface area contributed by atoms with Crippen LogP contribution in [0.25, 0.3) is 0 Å². The van der Waals surface area contributed by atoms with Crippen molar-refractivity contribution in [2.45, 2.75) is 31.3 Å². The van der Waals surface area contributed by atoms with Crippen LogP contribution in [0.1, 0.15) is 35.7 Å². The van der Waals surface area contributed by atoms with E-state index >= 15 is 0 Å². The van der Waals surface area contributed by atoms with E-state index in [9.17, 15) is 14.4 Å². The number of benzene rings is 1. The second-order valence-electron chi connectivity index (χ2n) is 6.26. The molecule has 3 rings (SSSR count). The number of nitrogens with two attached hydrogens (primary N) is 1. The highest BCUT2D eigenvalue weighted by Gasteiger charge is 2.43. The second kappa shape index (κ2) is 6.78. The lowest BCUT2D eigenvalue weighted by Crippen LogP contribution is -2.42. The molecule has 4 amide bonds. The number of carbonyl (C=O) groups is 3. The van der Waals surface area contributed by atoms with Gasteiger partial charge in [-0.15, -0.1) is 12.4 Å². The van der Waals surface area contributed by atoms with Gasteiger partial charge in [-0.25, -0.2) is 4.79 Å². The Morgan fingerprint density at radius 3 is 2.42 bits per heavy atom. The predicted molar refractivity (Wildman–Crippen MR) is 90.7 cm³/mol. The van der Waals surface area contributed by atoms with Crippen LogP contribution in [0.2, 0.25) is 0 Å². The Labute approximate surface area is 146 Å². The number of hydrogen-bond donors (Lipinski definition) is 4. The van der Waals surface area contributed by atoms with E-state index in [1.165, 1.54) is 0 Å². The molecule has 1 saturated heterocycles.